The Morgan fingerprint density at radius 1 is 1.14 bits per heavy atom. The number of hydrogen-bond acceptors (Lipinski definition) is 5. The summed E-state index contributed by atoms with van der Waals surface area (Å²) in [7, 11) is 0. The zero-order valence-electron chi connectivity index (χ0n) is 11.7. The molecule has 2 rings (SSSR count). The van der Waals surface area contributed by atoms with Gasteiger partial charge < -0.3 is 9.84 Å². The van der Waals surface area contributed by atoms with E-state index in [4.69, 9.17) is 9.84 Å². The highest BCUT2D eigenvalue weighted by Crippen LogP contribution is 2.14. The van der Waals surface area contributed by atoms with Gasteiger partial charge in [0.1, 0.15) is 18.0 Å². The number of hydrogen-bond donors (Lipinski definition) is 1. The number of carbonyl (C=O) groups is 2. The minimum absolute atomic E-state index is 0.0616. The summed E-state index contributed by atoms with van der Waals surface area (Å²) in [6, 6.07) is 9.12. The van der Waals surface area contributed by atoms with E-state index in [9.17, 15) is 9.59 Å². The summed E-state index contributed by atoms with van der Waals surface area (Å²) in [5.74, 6) is -1.73. The molecule has 0 fully saturated rings. The summed E-state index contributed by atoms with van der Waals surface area (Å²) >= 11 is 0. The quantitative estimate of drug-likeness (QED) is 0.866. The molecule has 108 valence electrons. The van der Waals surface area contributed by atoms with Gasteiger partial charge in [0, 0.05) is 0 Å². The van der Waals surface area contributed by atoms with E-state index in [0.717, 1.165) is 5.56 Å². The van der Waals surface area contributed by atoms with Gasteiger partial charge in [0.2, 0.25) is 0 Å². The van der Waals surface area contributed by atoms with Crippen molar-refractivity contribution in [1.82, 2.24) is 9.97 Å². The molecule has 0 spiro atoms. The average Bonchev–Trinajstić information content (AvgIpc) is 2.45. The molecular weight excluding hydrogens is 272 g/mol. The van der Waals surface area contributed by atoms with Gasteiger partial charge in [0.05, 0.1) is 5.69 Å². The summed E-state index contributed by atoms with van der Waals surface area (Å²) in [5, 5.41) is 9.15. The number of esters is 1. The summed E-state index contributed by atoms with van der Waals surface area (Å²) in [4.78, 5) is 31.1. The molecule has 0 saturated carbocycles. The Balaban J connectivity index is 2.25. The lowest BCUT2D eigenvalue weighted by atomic mass is 10.1. The van der Waals surface area contributed by atoms with E-state index in [0.29, 0.717) is 5.82 Å². The van der Waals surface area contributed by atoms with Crippen LogP contribution in [-0.4, -0.2) is 27.0 Å². The van der Waals surface area contributed by atoms with Crippen LogP contribution < -0.4 is 0 Å². The molecule has 0 saturated heterocycles. The first kappa shape index (κ1) is 14.6. The molecule has 6 nitrogen and oxygen atoms in total. The molecule has 1 heterocycles. The number of carboxylic acids is 1. The molecule has 2 aromatic rings. The van der Waals surface area contributed by atoms with Crippen LogP contribution in [0.3, 0.4) is 0 Å². The van der Waals surface area contributed by atoms with Crippen LogP contribution >= 0.6 is 0 Å². The second-order valence-corrected chi connectivity index (χ2v) is 4.45. The summed E-state index contributed by atoms with van der Waals surface area (Å²) in [5.41, 5.74) is 0.661. The first-order valence-corrected chi connectivity index (χ1v) is 6.28. The Morgan fingerprint density at radius 3 is 2.43 bits per heavy atom. The summed E-state index contributed by atoms with van der Waals surface area (Å²) < 4.78 is 5.14. The molecule has 0 unspecified atom stereocenters. The molecule has 0 aliphatic rings. The number of carboxylic acid groups (broad SMARTS) is 1. The molecule has 0 aliphatic carbocycles. The van der Waals surface area contributed by atoms with E-state index in [1.54, 1.807) is 13.8 Å². The third-order valence-electron chi connectivity index (χ3n) is 2.82. The summed E-state index contributed by atoms with van der Waals surface area (Å²) in [6.45, 7) is 3.19. The zero-order valence-corrected chi connectivity index (χ0v) is 11.7. The van der Waals surface area contributed by atoms with Gasteiger partial charge in [-0.15, -0.1) is 0 Å². The van der Waals surface area contributed by atoms with Crippen molar-refractivity contribution in [2.75, 3.05) is 0 Å². The third-order valence-corrected chi connectivity index (χ3v) is 2.82. The van der Waals surface area contributed by atoms with E-state index in [1.807, 2.05) is 30.3 Å². The molecular formula is C15H14N2O4. The van der Waals surface area contributed by atoms with Gasteiger partial charge >= 0.3 is 11.9 Å². The Morgan fingerprint density at radius 2 is 1.81 bits per heavy atom. The lowest BCUT2D eigenvalue weighted by Crippen LogP contribution is -2.17. The van der Waals surface area contributed by atoms with E-state index in [1.165, 1.54) is 0 Å². The molecule has 21 heavy (non-hydrogen) atoms. The maximum Gasteiger partial charge on any atom is 0.355 e. The third kappa shape index (κ3) is 3.42. The maximum absolute atomic E-state index is 12.1. The molecule has 1 N–H and O–H groups in total. The number of ether oxygens (including phenoxy) is 1. The first-order chi connectivity index (χ1) is 9.99. The summed E-state index contributed by atoms with van der Waals surface area (Å²) in [6.07, 6.45) is 0. The van der Waals surface area contributed by atoms with Crippen LogP contribution in [-0.2, 0) is 11.3 Å². The molecule has 1 aromatic heterocycles. The molecule has 6 heteroatoms. The Labute approximate surface area is 121 Å². The number of aromatic carboxylic acids is 1. The Bertz CT molecular complexity index is 684. The van der Waals surface area contributed by atoms with E-state index < -0.39 is 11.9 Å². The highest BCUT2D eigenvalue weighted by molar-refractivity contribution is 6.01. The van der Waals surface area contributed by atoms with Crippen molar-refractivity contribution in [3.8, 4) is 0 Å². The second kappa shape index (κ2) is 6.13. The number of carbonyl (C=O) groups excluding carboxylic acids is 1. The van der Waals surface area contributed by atoms with Crippen LogP contribution in [0.1, 0.15) is 37.9 Å². The second-order valence-electron chi connectivity index (χ2n) is 4.45. The van der Waals surface area contributed by atoms with Crippen LogP contribution in [0.5, 0.6) is 0 Å². The lowest BCUT2D eigenvalue weighted by molar-refractivity contribution is 0.0460. The van der Waals surface area contributed by atoms with Crippen molar-refractivity contribution in [2.24, 2.45) is 0 Å². The van der Waals surface area contributed by atoms with E-state index in [-0.39, 0.29) is 23.6 Å². The Hall–Kier alpha value is -2.76. The molecule has 0 radical (unpaired) electrons. The van der Waals surface area contributed by atoms with Crippen LogP contribution in [0.25, 0.3) is 0 Å². The molecule has 0 atom stereocenters. The van der Waals surface area contributed by atoms with Gasteiger partial charge in [-0.2, -0.15) is 0 Å². The molecule has 1 aromatic carbocycles. The van der Waals surface area contributed by atoms with Crippen LogP contribution in [0.2, 0.25) is 0 Å². The van der Waals surface area contributed by atoms with Crippen LogP contribution in [0.4, 0.5) is 0 Å². The zero-order chi connectivity index (χ0) is 15.4. The normalized spacial score (nSPS) is 10.2. The number of rotatable bonds is 4. The topological polar surface area (TPSA) is 89.4 Å². The van der Waals surface area contributed by atoms with Gasteiger partial charge in [-0.3, -0.25) is 0 Å². The predicted molar refractivity (Wildman–Crippen MR) is 74.0 cm³/mol. The van der Waals surface area contributed by atoms with Crippen molar-refractivity contribution in [3.05, 3.63) is 58.7 Å². The fourth-order valence-corrected chi connectivity index (χ4v) is 1.91. The number of nitrogens with zero attached hydrogens (tertiary/aromatic N) is 2. The fourth-order valence-electron chi connectivity index (χ4n) is 1.91. The van der Waals surface area contributed by atoms with Gasteiger partial charge in [-0.25, -0.2) is 19.6 Å². The van der Waals surface area contributed by atoms with E-state index in [2.05, 4.69) is 9.97 Å². The van der Waals surface area contributed by atoms with Crippen molar-refractivity contribution in [1.29, 1.82) is 0 Å². The number of benzene rings is 1. The largest absolute Gasteiger partial charge is 0.476 e. The van der Waals surface area contributed by atoms with E-state index >= 15 is 0 Å². The lowest BCUT2D eigenvalue weighted by Gasteiger charge is -2.09. The average molecular weight is 286 g/mol. The van der Waals surface area contributed by atoms with Crippen molar-refractivity contribution < 1.29 is 19.4 Å². The number of aryl methyl sites for hydroxylation is 2. The van der Waals surface area contributed by atoms with Crippen LogP contribution in [0.15, 0.2) is 30.3 Å². The predicted octanol–water partition coefficient (Wildman–Crippen LogP) is 2.15. The fraction of sp³-hybridized carbons (Fsp3) is 0.200. The standard InChI is InChI=1S/C15H14N2O4/c1-9-12(13(14(18)19)17-10(2)16-9)15(20)21-8-11-6-4-3-5-7-11/h3-7H,8H2,1-2H3,(H,18,19). The minimum atomic E-state index is -1.28. The highest BCUT2D eigenvalue weighted by Gasteiger charge is 2.23. The maximum atomic E-state index is 12.1. The highest BCUT2D eigenvalue weighted by atomic mass is 16.5. The number of aromatic nitrogens is 2. The monoisotopic (exact) mass is 286 g/mol. The minimum Gasteiger partial charge on any atom is -0.476 e. The van der Waals surface area contributed by atoms with Crippen molar-refractivity contribution >= 4 is 11.9 Å². The van der Waals surface area contributed by atoms with Gasteiger partial charge in [0.15, 0.2) is 5.69 Å². The molecule has 0 aliphatic heterocycles. The van der Waals surface area contributed by atoms with Crippen molar-refractivity contribution in [2.45, 2.75) is 20.5 Å². The van der Waals surface area contributed by atoms with Gasteiger partial charge in [0.25, 0.3) is 0 Å². The molecule has 0 amide bonds. The van der Waals surface area contributed by atoms with Crippen molar-refractivity contribution in [3.63, 3.8) is 0 Å². The molecule has 0 bridgehead atoms. The Kier molecular flexibility index (Phi) is 4.27. The smallest absolute Gasteiger partial charge is 0.355 e. The SMILES string of the molecule is Cc1nc(C)c(C(=O)OCc2ccccc2)c(C(=O)O)n1. The first-order valence-electron chi connectivity index (χ1n) is 6.28. The van der Waals surface area contributed by atoms with Gasteiger partial charge in [-0.1, -0.05) is 30.3 Å². The van der Waals surface area contributed by atoms with Gasteiger partial charge in [-0.05, 0) is 19.4 Å². The van der Waals surface area contributed by atoms with Crippen LogP contribution in [0, 0.1) is 13.8 Å².